The van der Waals surface area contributed by atoms with Gasteiger partial charge in [-0.15, -0.1) is 0 Å². The van der Waals surface area contributed by atoms with Gasteiger partial charge < -0.3 is 15.8 Å². The molecule has 0 bridgehead atoms. The van der Waals surface area contributed by atoms with Crippen LogP contribution in [0.3, 0.4) is 0 Å². The number of nitrogens with one attached hydrogen (secondary N) is 1. The molecule has 1 aromatic carbocycles. The average molecular weight is 313 g/mol. The van der Waals surface area contributed by atoms with Crippen molar-refractivity contribution in [3.8, 4) is 0 Å². The molecule has 3 nitrogen and oxygen atoms in total. The minimum absolute atomic E-state index is 0.0389. The molecule has 0 amide bonds. The Morgan fingerprint density at radius 1 is 1.50 bits per heavy atom. The fraction of sp³-hybridized carbons (Fsp3) is 0.571. The molecule has 2 unspecified atom stereocenters. The van der Waals surface area contributed by atoms with Crippen molar-refractivity contribution in [1.29, 1.82) is 0 Å². The summed E-state index contributed by atoms with van der Waals surface area (Å²) in [5.74, 6) is 0. The molecule has 1 fully saturated rings. The van der Waals surface area contributed by atoms with Crippen LogP contribution in [0.2, 0.25) is 0 Å². The molecule has 2 atom stereocenters. The van der Waals surface area contributed by atoms with Crippen molar-refractivity contribution in [2.24, 2.45) is 5.73 Å². The van der Waals surface area contributed by atoms with Crippen molar-refractivity contribution >= 4 is 21.6 Å². The molecular weight excluding hydrogens is 292 g/mol. The SMILES string of the molecule is CCC1CC(CN)(Nc2ccccc2Br)CCO1. The van der Waals surface area contributed by atoms with Gasteiger partial charge in [0.05, 0.1) is 11.6 Å². The maximum absolute atomic E-state index is 6.02. The Balaban J connectivity index is 2.15. The van der Waals surface area contributed by atoms with Gasteiger partial charge >= 0.3 is 0 Å². The van der Waals surface area contributed by atoms with Crippen LogP contribution >= 0.6 is 15.9 Å². The lowest BCUT2D eigenvalue weighted by atomic mass is 9.85. The van der Waals surface area contributed by atoms with Crippen LogP contribution in [0, 0.1) is 0 Å². The highest BCUT2D eigenvalue weighted by atomic mass is 79.9. The summed E-state index contributed by atoms with van der Waals surface area (Å²) in [6, 6.07) is 8.18. The lowest BCUT2D eigenvalue weighted by Gasteiger charge is -2.41. The Kier molecular flexibility index (Phi) is 4.65. The van der Waals surface area contributed by atoms with Gasteiger partial charge in [-0.2, -0.15) is 0 Å². The Hall–Kier alpha value is -0.580. The van der Waals surface area contributed by atoms with Gasteiger partial charge in [-0.3, -0.25) is 0 Å². The zero-order chi connectivity index (χ0) is 13.0. The highest BCUT2D eigenvalue weighted by Crippen LogP contribution is 2.32. The molecule has 1 aliphatic rings. The van der Waals surface area contributed by atoms with Gasteiger partial charge in [0, 0.05) is 23.3 Å². The minimum atomic E-state index is -0.0389. The molecule has 1 aromatic rings. The number of hydrogen-bond donors (Lipinski definition) is 2. The monoisotopic (exact) mass is 312 g/mol. The van der Waals surface area contributed by atoms with E-state index < -0.39 is 0 Å². The van der Waals surface area contributed by atoms with Crippen molar-refractivity contribution in [2.75, 3.05) is 18.5 Å². The van der Waals surface area contributed by atoms with Gasteiger partial charge in [0.2, 0.25) is 0 Å². The molecule has 0 spiro atoms. The first kappa shape index (κ1) is 13.8. The van der Waals surface area contributed by atoms with E-state index in [9.17, 15) is 0 Å². The van der Waals surface area contributed by atoms with E-state index in [1.807, 2.05) is 18.2 Å². The number of benzene rings is 1. The molecule has 3 N–H and O–H groups in total. The summed E-state index contributed by atoms with van der Waals surface area (Å²) in [6.45, 7) is 3.58. The first-order valence-corrected chi connectivity index (χ1v) is 7.33. The van der Waals surface area contributed by atoms with Crippen molar-refractivity contribution in [3.05, 3.63) is 28.7 Å². The Labute approximate surface area is 117 Å². The van der Waals surface area contributed by atoms with Crippen LogP contribution in [-0.4, -0.2) is 24.8 Å². The van der Waals surface area contributed by atoms with Gasteiger partial charge in [0.25, 0.3) is 0 Å². The van der Waals surface area contributed by atoms with Crippen LogP contribution in [-0.2, 0) is 4.74 Å². The fourth-order valence-corrected chi connectivity index (χ4v) is 2.86. The third-order valence-corrected chi connectivity index (χ3v) is 4.36. The zero-order valence-electron chi connectivity index (χ0n) is 10.8. The van der Waals surface area contributed by atoms with Gasteiger partial charge in [-0.1, -0.05) is 19.1 Å². The van der Waals surface area contributed by atoms with E-state index in [0.29, 0.717) is 12.6 Å². The summed E-state index contributed by atoms with van der Waals surface area (Å²) < 4.78 is 6.83. The molecule has 18 heavy (non-hydrogen) atoms. The number of ether oxygens (including phenoxy) is 1. The molecular formula is C14H21BrN2O. The number of halogens is 1. The van der Waals surface area contributed by atoms with Crippen LogP contribution < -0.4 is 11.1 Å². The Morgan fingerprint density at radius 3 is 2.94 bits per heavy atom. The first-order chi connectivity index (χ1) is 8.69. The summed E-state index contributed by atoms with van der Waals surface area (Å²) in [5.41, 5.74) is 7.09. The second-order valence-electron chi connectivity index (χ2n) is 4.94. The van der Waals surface area contributed by atoms with Crippen molar-refractivity contribution in [2.45, 2.75) is 37.8 Å². The lowest BCUT2D eigenvalue weighted by molar-refractivity contribution is -0.0126. The molecule has 0 aliphatic carbocycles. The van der Waals surface area contributed by atoms with Crippen molar-refractivity contribution in [3.63, 3.8) is 0 Å². The van der Waals surface area contributed by atoms with E-state index >= 15 is 0 Å². The number of anilines is 1. The van der Waals surface area contributed by atoms with E-state index in [-0.39, 0.29) is 5.54 Å². The third kappa shape index (κ3) is 3.05. The summed E-state index contributed by atoms with van der Waals surface area (Å²) in [7, 11) is 0. The highest BCUT2D eigenvalue weighted by Gasteiger charge is 2.35. The van der Waals surface area contributed by atoms with E-state index in [2.05, 4.69) is 34.2 Å². The quantitative estimate of drug-likeness (QED) is 0.898. The molecule has 100 valence electrons. The van der Waals surface area contributed by atoms with Gasteiger partial charge in [-0.25, -0.2) is 0 Å². The zero-order valence-corrected chi connectivity index (χ0v) is 12.4. The maximum Gasteiger partial charge on any atom is 0.0595 e. The molecule has 1 heterocycles. The van der Waals surface area contributed by atoms with E-state index in [1.54, 1.807) is 0 Å². The van der Waals surface area contributed by atoms with Crippen LogP contribution in [0.4, 0.5) is 5.69 Å². The maximum atomic E-state index is 6.02. The van der Waals surface area contributed by atoms with Crippen LogP contribution in [0.5, 0.6) is 0 Å². The van der Waals surface area contributed by atoms with E-state index in [0.717, 1.165) is 36.0 Å². The predicted molar refractivity (Wildman–Crippen MR) is 78.8 cm³/mol. The topological polar surface area (TPSA) is 47.3 Å². The van der Waals surface area contributed by atoms with Crippen LogP contribution in [0.25, 0.3) is 0 Å². The number of rotatable bonds is 4. The Bertz CT molecular complexity index is 399. The second-order valence-corrected chi connectivity index (χ2v) is 5.80. The lowest BCUT2D eigenvalue weighted by Crippen LogP contribution is -2.52. The smallest absolute Gasteiger partial charge is 0.0595 e. The normalized spacial score (nSPS) is 28.1. The van der Waals surface area contributed by atoms with Crippen molar-refractivity contribution in [1.82, 2.24) is 0 Å². The van der Waals surface area contributed by atoms with Crippen LogP contribution in [0.15, 0.2) is 28.7 Å². The number of nitrogens with two attached hydrogens (primary N) is 1. The first-order valence-electron chi connectivity index (χ1n) is 6.53. The summed E-state index contributed by atoms with van der Waals surface area (Å²) in [6.07, 6.45) is 3.29. The van der Waals surface area contributed by atoms with Gasteiger partial charge in [0.15, 0.2) is 0 Å². The molecule has 0 saturated carbocycles. The molecule has 2 rings (SSSR count). The van der Waals surface area contributed by atoms with Gasteiger partial charge in [0.1, 0.15) is 0 Å². The van der Waals surface area contributed by atoms with E-state index in [4.69, 9.17) is 10.5 Å². The summed E-state index contributed by atoms with van der Waals surface area (Å²) in [4.78, 5) is 0. The largest absolute Gasteiger partial charge is 0.378 e. The highest BCUT2D eigenvalue weighted by molar-refractivity contribution is 9.10. The summed E-state index contributed by atoms with van der Waals surface area (Å²) in [5, 5.41) is 3.62. The number of hydrogen-bond acceptors (Lipinski definition) is 3. The van der Waals surface area contributed by atoms with Gasteiger partial charge in [-0.05, 0) is 47.3 Å². The average Bonchev–Trinajstić information content (AvgIpc) is 2.42. The standard InChI is InChI=1S/C14H21BrN2O/c1-2-11-9-14(10-16,7-8-18-11)17-13-6-4-3-5-12(13)15/h3-6,11,17H,2,7-10,16H2,1H3. The molecule has 4 heteroatoms. The molecule has 1 aliphatic heterocycles. The molecule has 0 radical (unpaired) electrons. The van der Waals surface area contributed by atoms with Crippen LogP contribution in [0.1, 0.15) is 26.2 Å². The van der Waals surface area contributed by atoms with E-state index in [1.165, 1.54) is 0 Å². The van der Waals surface area contributed by atoms with Crippen molar-refractivity contribution < 1.29 is 4.74 Å². The molecule has 0 aromatic heterocycles. The minimum Gasteiger partial charge on any atom is -0.378 e. The third-order valence-electron chi connectivity index (χ3n) is 3.67. The second kappa shape index (κ2) is 6.04. The summed E-state index contributed by atoms with van der Waals surface area (Å²) >= 11 is 3.57. The Morgan fingerprint density at radius 2 is 2.28 bits per heavy atom. The number of para-hydroxylation sites is 1. The fourth-order valence-electron chi connectivity index (χ4n) is 2.48. The molecule has 1 saturated heterocycles. The predicted octanol–water partition coefficient (Wildman–Crippen LogP) is 3.15.